The van der Waals surface area contributed by atoms with E-state index in [1.165, 1.54) is 6.92 Å². The molecule has 0 aliphatic carbocycles. The largest absolute Gasteiger partial charge is 0.393 e. The molecule has 1 fully saturated rings. The molecule has 1 rings (SSSR count). The molecule has 0 aromatic carbocycles. The second-order valence-electron chi connectivity index (χ2n) is 4.21. The minimum atomic E-state index is -0.207. The number of aliphatic hydroxyl groups excluding tert-OH is 1. The van der Waals surface area contributed by atoms with Crippen LogP contribution in [0.3, 0.4) is 0 Å². The lowest BCUT2D eigenvalue weighted by atomic mass is 10.1. The monoisotopic (exact) mass is 259 g/mol. The predicted octanol–water partition coefficient (Wildman–Crippen LogP) is 0.644. The van der Waals surface area contributed by atoms with Gasteiger partial charge in [-0.25, -0.2) is 4.99 Å². The number of thioether (sulfide) groups is 1. The first kappa shape index (κ1) is 14.3. The quantitative estimate of drug-likeness (QED) is 0.564. The summed E-state index contributed by atoms with van der Waals surface area (Å²) in [6.07, 6.45) is 3.16. The van der Waals surface area contributed by atoms with Crippen LogP contribution in [-0.2, 0) is 4.79 Å². The van der Waals surface area contributed by atoms with Gasteiger partial charge in [-0.1, -0.05) is 11.8 Å². The second-order valence-corrected chi connectivity index (χ2v) is 4.98. The minimum Gasteiger partial charge on any atom is -0.393 e. The molecule has 1 amide bonds. The average molecular weight is 259 g/mol. The summed E-state index contributed by atoms with van der Waals surface area (Å²) >= 11 is 1.58. The highest BCUT2D eigenvalue weighted by atomic mass is 32.2. The van der Waals surface area contributed by atoms with Gasteiger partial charge in [0.25, 0.3) is 0 Å². The molecular formula is C11H21N3O2S. The summed E-state index contributed by atoms with van der Waals surface area (Å²) < 4.78 is 0. The van der Waals surface area contributed by atoms with Gasteiger partial charge in [-0.3, -0.25) is 4.79 Å². The summed E-state index contributed by atoms with van der Waals surface area (Å²) in [5.41, 5.74) is 0. The number of carbonyl (C=O) groups excluding carboxylic acids is 1. The van der Waals surface area contributed by atoms with Crippen LogP contribution in [0.2, 0.25) is 0 Å². The summed E-state index contributed by atoms with van der Waals surface area (Å²) in [5, 5.41) is 13.1. The zero-order chi connectivity index (χ0) is 12.8. The maximum Gasteiger partial charge on any atom is 0.218 e. The van der Waals surface area contributed by atoms with E-state index in [-0.39, 0.29) is 18.2 Å². The minimum absolute atomic E-state index is 0.0734. The molecule has 1 aliphatic rings. The van der Waals surface area contributed by atoms with Crippen molar-refractivity contribution in [2.24, 2.45) is 4.99 Å². The van der Waals surface area contributed by atoms with Crippen molar-refractivity contribution < 1.29 is 9.90 Å². The van der Waals surface area contributed by atoms with Crippen LogP contribution in [0, 0.1) is 0 Å². The zero-order valence-electron chi connectivity index (χ0n) is 10.6. The van der Waals surface area contributed by atoms with Crippen LogP contribution in [0.4, 0.5) is 0 Å². The standard InChI is InChI=1S/C11H21N3O2S/c1-8(12-9(2)15)13-11(17-3)14-6-4-10(16)5-7-14/h8,10,16H,4-7H2,1-3H3,(H,12,15). The van der Waals surface area contributed by atoms with E-state index in [9.17, 15) is 9.90 Å². The van der Waals surface area contributed by atoms with Crippen molar-refractivity contribution in [1.82, 2.24) is 10.2 Å². The molecular weight excluding hydrogens is 238 g/mol. The molecule has 1 aliphatic heterocycles. The van der Waals surface area contributed by atoms with Gasteiger partial charge in [0, 0.05) is 20.0 Å². The number of amidine groups is 1. The van der Waals surface area contributed by atoms with Gasteiger partial charge >= 0.3 is 0 Å². The molecule has 1 saturated heterocycles. The Hall–Kier alpha value is -0.750. The Morgan fingerprint density at radius 3 is 2.59 bits per heavy atom. The number of likely N-dealkylation sites (tertiary alicyclic amines) is 1. The topological polar surface area (TPSA) is 64.9 Å². The van der Waals surface area contributed by atoms with E-state index in [0.29, 0.717) is 0 Å². The third kappa shape index (κ3) is 4.95. The number of piperidine rings is 1. The lowest BCUT2D eigenvalue weighted by Crippen LogP contribution is -2.40. The van der Waals surface area contributed by atoms with Gasteiger partial charge in [-0.05, 0) is 26.0 Å². The molecule has 1 heterocycles. The SMILES string of the molecule is CSC(=NC(C)NC(C)=O)N1CCC(O)CC1. The van der Waals surface area contributed by atoms with E-state index in [4.69, 9.17) is 0 Å². The van der Waals surface area contributed by atoms with E-state index >= 15 is 0 Å². The number of aliphatic imine (C=N–C) groups is 1. The fourth-order valence-corrected chi connectivity index (χ4v) is 2.52. The van der Waals surface area contributed by atoms with Crippen molar-refractivity contribution in [2.75, 3.05) is 19.3 Å². The molecule has 1 atom stereocenters. The van der Waals surface area contributed by atoms with Crippen LogP contribution in [0.1, 0.15) is 26.7 Å². The molecule has 1 unspecified atom stereocenters. The number of hydrogen-bond acceptors (Lipinski definition) is 4. The van der Waals surface area contributed by atoms with Crippen molar-refractivity contribution in [3.63, 3.8) is 0 Å². The number of rotatable bonds is 2. The van der Waals surface area contributed by atoms with Crippen LogP contribution in [0.25, 0.3) is 0 Å². The zero-order valence-corrected chi connectivity index (χ0v) is 11.5. The van der Waals surface area contributed by atoms with Crippen LogP contribution in [0.5, 0.6) is 0 Å². The van der Waals surface area contributed by atoms with Crippen LogP contribution in [0.15, 0.2) is 4.99 Å². The number of aliphatic hydroxyl groups is 1. The Bertz CT molecular complexity index is 288. The Balaban J connectivity index is 2.57. The summed E-state index contributed by atoms with van der Waals surface area (Å²) in [6, 6.07) is 0. The smallest absolute Gasteiger partial charge is 0.218 e. The highest BCUT2D eigenvalue weighted by Gasteiger charge is 2.19. The first-order valence-electron chi connectivity index (χ1n) is 5.85. The molecule has 0 aromatic heterocycles. The first-order chi connectivity index (χ1) is 8.02. The summed E-state index contributed by atoms with van der Waals surface area (Å²) in [6.45, 7) is 5.00. The van der Waals surface area contributed by atoms with Gasteiger partial charge in [-0.2, -0.15) is 0 Å². The van der Waals surface area contributed by atoms with Gasteiger partial charge in [0.2, 0.25) is 5.91 Å². The fourth-order valence-electron chi connectivity index (χ4n) is 1.81. The van der Waals surface area contributed by atoms with Crippen LogP contribution >= 0.6 is 11.8 Å². The normalized spacial score (nSPS) is 20.2. The summed E-state index contributed by atoms with van der Waals surface area (Å²) in [4.78, 5) is 17.5. The maximum absolute atomic E-state index is 10.9. The number of nitrogens with one attached hydrogen (secondary N) is 1. The van der Waals surface area contributed by atoms with Gasteiger partial charge in [0.05, 0.1) is 6.10 Å². The molecule has 0 radical (unpaired) electrons. The molecule has 2 N–H and O–H groups in total. The number of carbonyl (C=O) groups is 1. The molecule has 0 bridgehead atoms. The Kier molecular flexibility index (Phi) is 5.77. The third-order valence-electron chi connectivity index (χ3n) is 2.63. The van der Waals surface area contributed by atoms with Crippen molar-refractivity contribution in [3.8, 4) is 0 Å². The van der Waals surface area contributed by atoms with Gasteiger partial charge in [0.15, 0.2) is 5.17 Å². The molecule has 5 nitrogen and oxygen atoms in total. The highest BCUT2D eigenvalue weighted by Crippen LogP contribution is 2.15. The fraction of sp³-hybridized carbons (Fsp3) is 0.818. The molecule has 6 heteroatoms. The summed E-state index contributed by atoms with van der Waals surface area (Å²) in [5.74, 6) is -0.0734. The van der Waals surface area contributed by atoms with E-state index in [1.54, 1.807) is 11.8 Å². The lowest BCUT2D eigenvalue weighted by Gasteiger charge is -2.31. The molecule has 0 saturated carbocycles. The van der Waals surface area contributed by atoms with E-state index in [2.05, 4.69) is 15.2 Å². The Morgan fingerprint density at radius 2 is 2.12 bits per heavy atom. The van der Waals surface area contributed by atoms with Crippen molar-refractivity contribution in [1.29, 1.82) is 0 Å². The van der Waals surface area contributed by atoms with Crippen molar-refractivity contribution in [3.05, 3.63) is 0 Å². The predicted molar refractivity (Wildman–Crippen MR) is 71.0 cm³/mol. The number of hydrogen-bond donors (Lipinski definition) is 2. The van der Waals surface area contributed by atoms with E-state index in [1.807, 2.05) is 13.2 Å². The maximum atomic E-state index is 10.9. The summed E-state index contributed by atoms with van der Waals surface area (Å²) in [7, 11) is 0. The van der Waals surface area contributed by atoms with E-state index in [0.717, 1.165) is 31.1 Å². The van der Waals surface area contributed by atoms with Crippen molar-refractivity contribution >= 4 is 22.8 Å². The first-order valence-corrected chi connectivity index (χ1v) is 7.07. The lowest BCUT2D eigenvalue weighted by molar-refractivity contribution is -0.119. The molecule has 0 aromatic rings. The number of amides is 1. The molecule has 0 spiro atoms. The number of nitrogens with zero attached hydrogens (tertiary/aromatic N) is 2. The van der Waals surface area contributed by atoms with Crippen molar-refractivity contribution in [2.45, 2.75) is 39.0 Å². The van der Waals surface area contributed by atoms with Crippen LogP contribution in [-0.4, -0.2) is 52.7 Å². The van der Waals surface area contributed by atoms with E-state index < -0.39 is 0 Å². The van der Waals surface area contributed by atoms with Gasteiger partial charge in [0.1, 0.15) is 6.17 Å². The van der Waals surface area contributed by atoms with Gasteiger partial charge in [-0.15, -0.1) is 0 Å². The second kappa shape index (κ2) is 6.86. The van der Waals surface area contributed by atoms with Crippen LogP contribution < -0.4 is 5.32 Å². The third-order valence-corrected chi connectivity index (χ3v) is 3.36. The Morgan fingerprint density at radius 1 is 1.53 bits per heavy atom. The molecule has 98 valence electrons. The highest BCUT2D eigenvalue weighted by molar-refractivity contribution is 8.13. The molecule has 17 heavy (non-hydrogen) atoms. The Labute approximate surface area is 107 Å². The van der Waals surface area contributed by atoms with Gasteiger partial charge < -0.3 is 15.3 Å². The average Bonchev–Trinajstić information content (AvgIpc) is 2.26.